The molecule has 132 valence electrons. The molecule has 26 heavy (non-hydrogen) atoms. The lowest BCUT2D eigenvalue weighted by atomic mass is 9.96. The second-order valence-corrected chi connectivity index (χ2v) is 5.78. The molecule has 4 nitrogen and oxygen atoms in total. The number of benzene rings is 3. The number of methoxy groups -OCH3 is 3. The quantitative estimate of drug-likeness (QED) is 0.476. The molecular weight excluding hydrogens is 328 g/mol. The summed E-state index contributed by atoms with van der Waals surface area (Å²) in [6.45, 7) is 3.99. The van der Waals surface area contributed by atoms with Crippen LogP contribution in [0.5, 0.6) is 17.2 Å². The maximum Gasteiger partial charge on any atom is 0.203 e. The molecule has 3 aromatic carbocycles. The maximum absolute atomic E-state index is 12.9. The molecule has 3 aromatic rings. The molecule has 0 atom stereocenters. The second-order valence-electron chi connectivity index (χ2n) is 5.78. The molecule has 0 saturated heterocycles. The van der Waals surface area contributed by atoms with Crippen LogP contribution in [0.3, 0.4) is 0 Å². The molecule has 0 aliphatic heterocycles. The topological polar surface area (TPSA) is 44.8 Å². The number of carbonyl (C=O) groups is 1. The Morgan fingerprint density at radius 3 is 1.96 bits per heavy atom. The fourth-order valence-corrected chi connectivity index (χ4v) is 2.89. The van der Waals surface area contributed by atoms with E-state index in [1.807, 2.05) is 42.5 Å². The molecule has 0 aliphatic carbocycles. The van der Waals surface area contributed by atoms with Gasteiger partial charge in [-0.2, -0.15) is 0 Å². The number of rotatable bonds is 6. The van der Waals surface area contributed by atoms with Gasteiger partial charge < -0.3 is 14.2 Å². The number of fused-ring (bicyclic) bond motifs is 1. The van der Waals surface area contributed by atoms with Gasteiger partial charge in [0.2, 0.25) is 5.75 Å². The Kier molecular flexibility index (Phi) is 4.94. The van der Waals surface area contributed by atoms with Crippen molar-refractivity contribution >= 4 is 22.1 Å². The summed E-state index contributed by atoms with van der Waals surface area (Å²) < 4.78 is 16.0. The van der Waals surface area contributed by atoms with Gasteiger partial charge in [0, 0.05) is 11.1 Å². The lowest BCUT2D eigenvalue weighted by Crippen LogP contribution is -2.03. The summed E-state index contributed by atoms with van der Waals surface area (Å²) in [7, 11) is 4.61. The Morgan fingerprint density at radius 1 is 0.769 bits per heavy atom. The van der Waals surface area contributed by atoms with E-state index in [-0.39, 0.29) is 5.78 Å². The lowest BCUT2D eigenvalue weighted by Gasteiger charge is -2.15. The largest absolute Gasteiger partial charge is 0.493 e. The zero-order valence-electron chi connectivity index (χ0n) is 15.0. The number of carbonyl (C=O) groups excluding carboxylic acids is 1. The van der Waals surface area contributed by atoms with Crippen LogP contribution in [0, 0.1) is 0 Å². The summed E-state index contributed by atoms with van der Waals surface area (Å²) in [5.41, 5.74) is 1.57. The van der Waals surface area contributed by atoms with Crippen LogP contribution in [0.15, 0.2) is 61.2 Å². The maximum atomic E-state index is 12.9. The number of allylic oxidation sites excluding steroid dienone is 1. The zero-order valence-corrected chi connectivity index (χ0v) is 15.0. The number of hydrogen-bond donors (Lipinski definition) is 0. The molecule has 0 spiro atoms. The van der Waals surface area contributed by atoms with Crippen LogP contribution in [0.1, 0.15) is 15.9 Å². The average Bonchev–Trinajstić information content (AvgIpc) is 2.70. The Morgan fingerprint density at radius 2 is 1.38 bits per heavy atom. The average molecular weight is 348 g/mol. The van der Waals surface area contributed by atoms with Crippen LogP contribution in [-0.2, 0) is 0 Å². The molecule has 0 aliphatic rings. The first-order valence-corrected chi connectivity index (χ1v) is 8.11. The number of Topliss-reactive ketones (excluding diaryl/α,β-unsaturated/α-hetero) is 1. The fraction of sp³-hybridized carbons (Fsp3) is 0.136. The standard InChI is InChI=1S/C22H20O4/c1-14(18-12-19(24-2)22(26-4)20(13-18)25-3)21(23)17-10-9-15-7-5-6-8-16(15)11-17/h5-13H,1H2,2-4H3. The van der Waals surface area contributed by atoms with E-state index in [1.165, 1.54) is 21.3 Å². The van der Waals surface area contributed by atoms with Gasteiger partial charge in [-0.3, -0.25) is 4.79 Å². The molecule has 0 radical (unpaired) electrons. The van der Waals surface area contributed by atoms with Crippen molar-refractivity contribution in [3.8, 4) is 17.2 Å². The normalized spacial score (nSPS) is 10.4. The van der Waals surface area contributed by atoms with Crippen LogP contribution in [-0.4, -0.2) is 27.1 Å². The number of ketones is 1. The Hall–Kier alpha value is -3.27. The van der Waals surface area contributed by atoms with Gasteiger partial charge in [-0.15, -0.1) is 0 Å². The van der Waals surface area contributed by atoms with E-state index in [2.05, 4.69) is 6.58 Å². The zero-order chi connectivity index (χ0) is 18.7. The van der Waals surface area contributed by atoms with Crippen molar-refractivity contribution in [3.05, 3.63) is 72.3 Å². The van der Waals surface area contributed by atoms with Crippen molar-refractivity contribution in [1.82, 2.24) is 0 Å². The van der Waals surface area contributed by atoms with E-state index < -0.39 is 0 Å². The lowest BCUT2D eigenvalue weighted by molar-refractivity contribution is 0.105. The van der Waals surface area contributed by atoms with Crippen molar-refractivity contribution in [2.75, 3.05) is 21.3 Å². The molecule has 0 amide bonds. The van der Waals surface area contributed by atoms with E-state index in [1.54, 1.807) is 12.1 Å². The highest BCUT2D eigenvalue weighted by Crippen LogP contribution is 2.40. The molecular formula is C22H20O4. The first kappa shape index (κ1) is 17.5. The van der Waals surface area contributed by atoms with E-state index in [0.717, 1.165) is 10.8 Å². The van der Waals surface area contributed by atoms with Gasteiger partial charge in [-0.25, -0.2) is 0 Å². The van der Waals surface area contributed by atoms with Gasteiger partial charge in [-0.1, -0.05) is 43.0 Å². The van der Waals surface area contributed by atoms with Crippen LogP contribution < -0.4 is 14.2 Å². The molecule has 3 rings (SSSR count). The van der Waals surface area contributed by atoms with Crippen molar-refractivity contribution in [2.45, 2.75) is 0 Å². The molecule has 4 heteroatoms. The minimum Gasteiger partial charge on any atom is -0.493 e. The van der Waals surface area contributed by atoms with Crippen LogP contribution in [0.4, 0.5) is 0 Å². The van der Waals surface area contributed by atoms with Gasteiger partial charge in [0.25, 0.3) is 0 Å². The second kappa shape index (κ2) is 7.31. The molecule has 0 bridgehead atoms. The summed E-state index contributed by atoms with van der Waals surface area (Å²) in [5.74, 6) is 1.29. The first-order valence-electron chi connectivity index (χ1n) is 8.11. The van der Waals surface area contributed by atoms with Crippen molar-refractivity contribution in [1.29, 1.82) is 0 Å². The number of ether oxygens (including phenoxy) is 3. The van der Waals surface area contributed by atoms with E-state index in [9.17, 15) is 4.79 Å². The summed E-state index contributed by atoms with van der Waals surface area (Å²) in [6.07, 6.45) is 0. The summed E-state index contributed by atoms with van der Waals surface area (Å²) >= 11 is 0. The number of hydrogen-bond acceptors (Lipinski definition) is 4. The smallest absolute Gasteiger partial charge is 0.203 e. The van der Waals surface area contributed by atoms with Gasteiger partial charge in [0.1, 0.15) is 0 Å². The Bertz CT molecular complexity index is 963. The van der Waals surface area contributed by atoms with Crippen molar-refractivity contribution in [2.24, 2.45) is 0 Å². The van der Waals surface area contributed by atoms with E-state index in [4.69, 9.17) is 14.2 Å². The third-order valence-electron chi connectivity index (χ3n) is 4.30. The summed E-state index contributed by atoms with van der Waals surface area (Å²) in [6, 6.07) is 17.0. The van der Waals surface area contributed by atoms with Crippen molar-refractivity contribution in [3.63, 3.8) is 0 Å². The molecule has 0 aromatic heterocycles. The van der Waals surface area contributed by atoms with Gasteiger partial charge in [0.15, 0.2) is 17.3 Å². The minimum absolute atomic E-state index is 0.148. The monoisotopic (exact) mass is 348 g/mol. The van der Waals surface area contributed by atoms with Crippen molar-refractivity contribution < 1.29 is 19.0 Å². The Balaban J connectivity index is 2.00. The molecule has 0 unspecified atom stereocenters. The van der Waals surface area contributed by atoms with Crippen LogP contribution in [0.2, 0.25) is 0 Å². The third-order valence-corrected chi connectivity index (χ3v) is 4.30. The molecule has 0 fully saturated rings. The Labute approximate surface area is 152 Å². The van der Waals surface area contributed by atoms with Crippen LogP contribution >= 0.6 is 0 Å². The minimum atomic E-state index is -0.148. The van der Waals surface area contributed by atoms with E-state index >= 15 is 0 Å². The summed E-state index contributed by atoms with van der Waals surface area (Å²) in [4.78, 5) is 12.9. The summed E-state index contributed by atoms with van der Waals surface area (Å²) in [5, 5.41) is 2.10. The third kappa shape index (κ3) is 3.14. The fourth-order valence-electron chi connectivity index (χ4n) is 2.89. The predicted molar refractivity (Wildman–Crippen MR) is 103 cm³/mol. The molecule has 0 saturated carbocycles. The van der Waals surface area contributed by atoms with Gasteiger partial charge in [-0.05, 0) is 34.5 Å². The molecule has 0 N–H and O–H groups in total. The van der Waals surface area contributed by atoms with E-state index in [0.29, 0.717) is 33.9 Å². The SMILES string of the molecule is C=C(C(=O)c1ccc2ccccc2c1)c1cc(OC)c(OC)c(OC)c1. The van der Waals surface area contributed by atoms with Crippen LogP contribution in [0.25, 0.3) is 16.3 Å². The highest BCUT2D eigenvalue weighted by atomic mass is 16.5. The highest BCUT2D eigenvalue weighted by Gasteiger charge is 2.18. The van der Waals surface area contributed by atoms with Gasteiger partial charge in [0.05, 0.1) is 21.3 Å². The highest BCUT2D eigenvalue weighted by molar-refractivity contribution is 6.29. The molecule has 0 heterocycles. The van der Waals surface area contributed by atoms with Gasteiger partial charge >= 0.3 is 0 Å². The predicted octanol–water partition coefficient (Wildman–Crippen LogP) is 4.76. The first-order chi connectivity index (χ1) is 12.6.